The number of ether oxygens (including phenoxy) is 8. The molecular formula is C30H48N2O22. The monoisotopic (exact) mass is 788 g/mol. The maximum Gasteiger partial charge on any atom is 0.335 e. The van der Waals surface area contributed by atoms with Gasteiger partial charge in [-0.15, -0.1) is 0 Å². The lowest BCUT2D eigenvalue weighted by atomic mass is 9.92. The van der Waals surface area contributed by atoms with Crippen molar-refractivity contribution in [1.29, 1.82) is 0 Å². The Bertz CT molecular complexity index is 1310. The van der Waals surface area contributed by atoms with Crippen LogP contribution < -0.4 is 10.6 Å². The van der Waals surface area contributed by atoms with Crippen molar-refractivity contribution in [3.8, 4) is 0 Å². The van der Waals surface area contributed by atoms with Crippen LogP contribution in [0.3, 0.4) is 0 Å². The van der Waals surface area contributed by atoms with Crippen molar-refractivity contribution < 1.29 is 108 Å². The Hall–Kier alpha value is -2.76. The molecule has 4 heterocycles. The molecule has 12 N–H and O–H groups in total. The number of nitrogens with one attached hydrogen (secondary N) is 2. The van der Waals surface area contributed by atoms with Crippen LogP contribution in [-0.4, -0.2) is 218 Å². The van der Waals surface area contributed by atoms with E-state index >= 15 is 0 Å². The highest BCUT2D eigenvalue weighted by Gasteiger charge is 2.57. The van der Waals surface area contributed by atoms with Crippen LogP contribution in [0.15, 0.2) is 0 Å². The van der Waals surface area contributed by atoms with E-state index in [2.05, 4.69) is 10.6 Å². The van der Waals surface area contributed by atoms with E-state index in [1.54, 1.807) is 0 Å². The van der Waals surface area contributed by atoms with Gasteiger partial charge in [-0.2, -0.15) is 0 Å². The zero-order chi connectivity index (χ0) is 40.3. The number of amides is 2. The van der Waals surface area contributed by atoms with Crippen LogP contribution in [0.2, 0.25) is 0 Å². The molecule has 0 aromatic carbocycles. The molecule has 0 aromatic heterocycles. The van der Waals surface area contributed by atoms with Gasteiger partial charge in [0.1, 0.15) is 79.3 Å². The summed E-state index contributed by atoms with van der Waals surface area (Å²) in [5.41, 5.74) is 0. The summed E-state index contributed by atoms with van der Waals surface area (Å²) in [6.45, 7) is 1.96. The summed E-state index contributed by atoms with van der Waals surface area (Å²) in [4.78, 5) is 48.7. The largest absolute Gasteiger partial charge is 0.479 e. The molecule has 0 aromatic rings. The van der Waals surface area contributed by atoms with Crippen LogP contribution in [0.25, 0.3) is 0 Å². The lowest BCUT2D eigenvalue weighted by Gasteiger charge is -2.50. The zero-order valence-electron chi connectivity index (χ0n) is 29.3. The number of hydrogen-bond donors (Lipinski definition) is 12. The fourth-order valence-electron chi connectivity index (χ4n) is 6.79. The van der Waals surface area contributed by atoms with Crippen LogP contribution in [-0.2, 0) is 57.1 Å². The van der Waals surface area contributed by atoms with Crippen LogP contribution in [0.1, 0.15) is 20.8 Å². The first-order chi connectivity index (χ1) is 25.4. The Morgan fingerprint density at radius 1 is 0.556 bits per heavy atom. The minimum atomic E-state index is -2.23. The van der Waals surface area contributed by atoms with Crippen molar-refractivity contribution in [2.45, 2.75) is 143 Å². The third-order valence-corrected chi connectivity index (χ3v) is 9.46. The number of carboxylic acid groups (broad SMARTS) is 2. The molecule has 4 aliphatic heterocycles. The van der Waals surface area contributed by atoms with E-state index in [4.69, 9.17) is 37.9 Å². The molecule has 4 saturated heterocycles. The maximum absolute atomic E-state index is 12.5. The molecule has 0 spiro atoms. The third-order valence-electron chi connectivity index (χ3n) is 9.46. The number of carbonyl (C=O) groups excluding carboxylic acids is 2. The van der Waals surface area contributed by atoms with Gasteiger partial charge in [0, 0.05) is 21.0 Å². The molecule has 2 amide bonds. The number of aliphatic hydroxyl groups is 8. The normalized spacial score (nSPS) is 45.6. The molecular weight excluding hydrogens is 740 g/mol. The second-order valence-corrected chi connectivity index (χ2v) is 13.2. The first kappa shape index (κ1) is 44.0. The highest BCUT2D eigenvalue weighted by atomic mass is 16.8. The number of methoxy groups -OCH3 is 1. The van der Waals surface area contributed by atoms with Gasteiger partial charge in [0.25, 0.3) is 0 Å². The summed E-state index contributed by atoms with van der Waals surface area (Å²) in [7, 11) is 1.05. The third kappa shape index (κ3) is 9.26. The summed E-state index contributed by atoms with van der Waals surface area (Å²) >= 11 is 0. The van der Waals surface area contributed by atoms with Gasteiger partial charge in [-0.1, -0.05) is 0 Å². The SMILES string of the molecule is CO[C@H]1C(C(=O)O)O[C@@H](O[C@@H]2C(NC(C)=O)[C@H](O[C@H]3C(C(=O)O)O[C@@H](O[C@@H]4C(NC(C)=O)[C@H](C)OC(CO)[C@@H]4O)C(O)[C@H]3O)OC(CO)[C@@H]2O)C(O)[C@H]1O. The average Bonchev–Trinajstić information content (AvgIpc) is 3.10. The molecule has 4 rings (SSSR count). The van der Waals surface area contributed by atoms with E-state index < -0.39 is 159 Å². The Kier molecular flexibility index (Phi) is 15.0. The van der Waals surface area contributed by atoms with E-state index in [1.165, 1.54) is 6.92 Å². The van der Waals surface area contributed by atoms with Gasteiger partial charge < -0.3 is 99.6 Å². The summed E-state index contributed by atoms with van der Waals surface area (Å²) < 4.78 is 44.2. The summed E-state index contributed by atoms with van der Waals surface area (Å²) in [5.74, 6) is -4.85. The summed E-state index contributed by atoms with van der Waals surface area (Å²) in [5, 5.41) is 110. The predicted molar refractivity (Wildman–Crippen MR) is 166 cm³/mol. The smallest absolute Gasteiger partial charge is 0.335 e. The number of aliphatic hydroxyl groups excluding tert-OH is 8. The van der Waals surface area contributed by atoms with E-state index in [1.807, 2.05) is 0 Å². The number of carboxylic acids is 2. The second kappa shape index (κ2) is 18.5. The number of carbonyl (C=O) groups is 4. The van der Waals surface area contributed by atoms with Gasteiger partial charge in [-0.25, -0.2) is 9.59 Å². The van der Waals surface area contributed by atoms with Gasteiger partial charge in [-0.3, -0.25) is 9.59 Å². The highest BCUT2D eigenvalue weighted by Crippen LogP contribution is 2.35. The molecule has 8 unspecified atom stereocenters. The zero-order valence-corrected chi connectivity index (χ0v) is 29.3. The first-order valence-electron chi connectivity index (χ1n) is 16.8. The van der Waals surface area contributed by atoms with Crippen molar-refractivity contribution >= 4 is 23.8 Å². The van der Waals surface area contributed by atoms with E-state index in [0.717, 1.165) is 21.0 Å². The van der Waals surface area contributed by atoms with Crippen molar-refractivity contribution in [2.24, 2.45) is 0 Å². The van der Waals surface area contributed by atoms with Crippen LogP contribution in [0.5, 0.6) is 0 Å². The molecule has 24 nitrogen and oxygen atoms in total. The van der Waals surface area contributed by atoms with Crippen LogP contribution >= 0.6 is 0 Å². The molecule has 0 saturated carbocycles. The second-order valence-electron chi connectivity index (χ2n) is 13.2. The molecule has 4 aliphatic rings. The van der Waals surface area contributed by atoms with Crippen LogP contribution in [0.4, 0.5) is 0 Å². The van der Waals surface area contributed by atoms with Gasteiger partial charge in [0.05, 0.1) is 25.4 Å². The van der Waals surface area contributed by atoms with Gasteiger partial charge in [0.15, 0.2) is 31.1 Å². The quantitative estimate of drug-likeness (QED) is 0.0824. The molecule has 310 valence electrons. The maximum atomic E-state index is 12.5. The fraction of sp³-hybridized carbons (Fsp3) is 0.867. The number of hydrogen-bond acceptors (Lipinski definition) is 20. The average molecular weight is 789 g/mol. The minimum Gasteiger partial charge on any atom is -0.479 e. The van der Waals surface area contributed by atoms with Gasteiger partial charge in [0.2, 0.25) is 11.8 Å². The highest BCUT2D eigenvalue weighted by molar-refractivity contribution is 5.74. The first-order valence-corrected chi connectivity index (χ1v) is 16.8. The summed E-state index contributed by atoms with van der Waals surface area (Å²) in [6.07, 6.45) is -32.9. The van der Waals surface area contributed by atoms with E-state index in [-0.39, 0.29) is 0 Å². The molecule has 20 atom stereocenters. The van der Waals surface area contributed by atoms with E-state index in [0.29, 0.717) is 0 Å². The van der Waals surface area contributed by atoms with Crippen molar-refractivity contribution in [1.82, 2.24) is 10.6 Å². The van der Waals surface area contributed by atoms with Gasteiger partial charge in [-0.05, 0) is 6.92 Å². The lowest BCUT2D eigenvalue weighted by Crippen LogP contribution is -2.70. The van der Waals surface area contributed by atoms with Crippen molar-refractivity contribution in [2.75, 3.05) is 20.3 Å². The van der Waals surface area contributed by atoms with Crippen molar-refractivity contribution in [3.05, 3.63) is 0 Å². The van der Waals surface area contributed by atoms with Crippen molar-refractivity contribution in [3.63, 3.8) is 0 Å². The topological polar surface area (TPSA) is 368 Å². The molecule has 0 bridgehead atoms. The van der Waals surface area contributed by atoms with E-state index in [9.17, 15) is 70.2 Å². The Morgan fingerprint density at radius 2 is 0.963 bits per heavy atom. The Balaban J connectivity index is 1.62. The number of aliphatic carboxylic acids is 2. The molecule has 0 radical (unpaired) electrons. The summed E-state index contributed by atoms with van der Waals surface area (Å²) in [6, 6.07) is -2.87. The predicted octanol–water partition coefficient (Wildman–Crippen LogP) is -7.55. The Labute approximate surface area is 306 Å². The fourth-order valence-corrected chi connectivity index (χ4v) is 6.79. The standard InChI is InChI=1S/C30H48N2O22/c1-7-12(31-8(2)35)20(14(37)10(5-33)48-7)50-30-19(42)17(40)23(25(54-30)27(45)46)52-28-13(32-9(3)36)21(15(38)11(6-34)49-28)51-29-18(41)16(39)22(47-4)24(53-29)26(43)44/h7,10-25,28-30,33-34,37-42H,5-6H2,1-4H3,(H,31,35)(H,32,36)(H,43,44)(H,45,46)/t7-,10?,11?,12?,13?,14-,15-,16+,17+,18?,19?,20+,21+,22+,23+,24?,25?,28-,29+,30+/m0/s1. The molecule has 0 aliphatic carbocycles. The molecule has 4 fully saturated rings. The number of rotatable bonds is 13. The Morgan fingerprint density at radius 3 is 1.41 bits per heavy atom. The molecule has 54 heavy (non-hydrogen) atoms. The van der Waals surface area contributed by atoms with Gasteiger partial charge >= 0.3 is 11.9 Å². The minimum absolute atomic E-state index is 0.586. The molecule has 24 heteroatoms. The lowest BCUT2D eigenvalue weighted by molar-refractivity contribution is -0.366. The van der Waals surface area contributed by atoms with Crippen LogP contribution in [0, 0.1) is 0 Å².